The summed E-state index contributed by atoms with van der Waals surface area (Å²) in [6.07, 6.45) is 1.16. The lowest BCUT2D eigenvalue weighted by atomic mass is 10.2. The van der Waals surface area contributed by atoms with Gasteiger partial charge in [-0.15, -0.1) is 0 Å². The molecule has 0 aliphatic heterocycles. The van der Waals surface area contributed by atoms with Crippen molar-refractivity contribution >= 4 is 15.9 Å². The van der Waals surface area contributed by atoms with Crippen LogP contribution in [-0.2, 0) is 13.2 Å². The lowest BCUT2D eigenvalue weighted by Gasteiger charge is -2.11. The maximum atomic E-state index is 13.1. The third kappa shape index (κ3) is 3.75. The SMILES string of the molecule is CNCc1cc(F)cnc1OCc1ccccc1Br. The van der Waals surface area contributed by atoms with E-state index in [0.29, 0.717) is 24.6 Å². The first-order chi connectivity index (χ1) is 9.20. The van der Waals surface area contributed by atoms with E-state index < -0.39 is 0 Å². The van der Waals surface area contributed by atoms with E-state index >= 15 is 0 Å². The van der Waals surface area contributed by atoms with Crippen molar-refractivity contribution in [1.82, 2.24) is 10.3 Å². The predicted octanol–water partition coefficient (Wildman–Crippen LogP) is 3.28. The molecule has 1 aromatic carbocycles. The summed E-state index contributed by atoms with van der Waals surface area (Å²) in [5.41, 5.74) is 1.72. The van der Waals surface area contributed by atoms with Crippen molar-refractivity contribution < 1.29 is 9.13 Å². The van der Waals surface area contributed by atoms with Crippen LogP contribution >= 0.6 is 15.9 Å². The number of hydrogen-bond acceptors (Lipinski definition) is 3. The zero-order valence-electron chi connectivity index (χ0n) is 10.5. The van der Waals surface area contributed by atoms with Crippen molar-refractivity contribution in [2.24, 2.45) is 0 Å². The minimum absolute atomic E-state index is 0.363. The van der Waals surface area contributed by atoms with Crippen molar-refractivity contribution in [1.29, 1.82) is 0 Å². The van der Waals surface area contributed by atoms with E-state index in [1.807, 2.05) is 24.3 Å². The maximum absolute atomic E-state index is 13.1. The molecular weight excluding hydrogens is 311 g/mol. The largest absolute Gasteiger partial charge is 0.473 e. The number of rotatable bonds is 5. The Morgan fingerprint density at radius 1 is 1.32 bits per heavy atom. The Labute approximate surface area is 119 Å². The van der Waals surface area contributed by atoms with Gasteiger partial charge < -0.3 is 10.1 Å². The van der Waals surface area contributed by atoms with Crippen molar-refractivity contribution in [3.05, 3.63) is 57.9 Å². The van der Waals surface area contributed by atoms with Gasteiger partial charge in [0.25, 0.3) is 0 Å². The van der Waals surface area contributed by atoms with E-state index in [1.54, 1.807) is 7.05 Å². The number of aromatic nitrogens is 1. The maximum Gasteiger partial charge on any atom is 0.218 e. The van der Waals surface area contributed by atoms with Crippen LogP contribution in [0, 0.1) is 5.82 Å². The Bertz CT molecular complexity index is 563. The van der Waals surface area contributed by atoms with E-state index in [-0.39, 0.29) is 5.82 Å². The van der Waals surface area contributed by atoms with Gasteiger partial charge in [0.1, 0.15) is 12.4 Å². The van der Waals surface area contributed by atoms with E-state index in [0.717, 1.165) is 16.2 Å². The molecule has 1 N–H and O–H groups in total. The molecule has 3 nitrogen and oxygen atoms in total. The second-order valence-corrected chi connectivity index (χ2v) is 4.88. The number of pyridine rings is 1. The first kappa shape index (κ1) is 14.0. The summed E-state index contributed by atoms with van der Waals surface area (Å²) in [5, 5.41) is 2.97. The smallest absolute Gasteiger partial charge is 0.218 e. The summed E-state index contributed by atoms with van der Waals surface area (Å²) in [6.45, 7) is 0.896. The summed E-state index contributed by atoms with van der Waals surface area (Å²) in [4.78, 5) is 3.99. The molecule has 0 saturated carbocycles. The van der Waals surface area contributed by atoms with Crippen LogP contribution in [-0.4, -0.2) is 12.0 Å². The van der Waals surface area contributed by atoms with Gasteiger partial charge in [-0.3, -0.25) is 0 Å². The molecule has 0 bridgehead atoms. The Kier molecular flexibility index (Phi) is 4.87. The van der Waals surface area contributed by atoms with Crippen LogP contribution < -0.4 is 10.1 Å². The molecule has 1 heterocycles. The van der Waals surface area contributed by atoms with E-state index in [4.69, 9.17) is 4.74 Å². The highest BCUT2D eigenvalue weighted by atomic mass is 79.9. The molecule has 2 aromatic rings. The summed E-state index contributed by atoms with van der Waals surface area (Å²) < 4.78 is 19.8. The third-order valence-electron chi connectivity index (χ3n) is 2.58. The molecule has 0 aliphatic rings. The molecule has 0 aliphatic carbocycles. The molecule has 5 heteroatoms. The van der Waals surface area contributed by atoms with Crippen LogP contribution in [0.15, 0.2) is 41.0 Å². The van der Waals surface area contributed by atoms with Gasteiger partial charge in [0.05, 0.1) is 6.20 Å². The number of ether oxygens (including phenoxy) is 1. The second-order valence-electron chi connectivity index (χ2n) is 4.03. The molecule has 0 amide bonds. The van der Waals surface area contributed by atoms with Gasteiger partial charge in [0, 0.05) is 22.1 Å². The minimum atomic E-state index is -0.363. The molecule has 100 valence electrons. The third-order valence-corrected chi connectivity index (χ3v) is 3.36. The molecule has 0 spiro atoms. The molecule has 0 fully saturated rings. The van der Waals surface area contributed by atoms with Crippen LogP contribution in [0.1, 0.15) is 11.1 Å². The minimum Gasteiger partial charge on any atom is -0.473 e. The van der Waals surface area contributed by atoms with Gasteiger partial charge in [0.2, 0.25) is 5.88 Å². The van der Waals surface area contributed by atoms with Gasteiger partial charge in [-0.2, -0.15) is 0 Å². The van der Waals surface area contributed by atoms with Crippen LogP contribution in [0.5, 0.6) is 5.88 Å². The fourth-order valence-corrected chi connectivity index (χ4v) is 2.08. The fourth-order valence-electron chi connectivity index (χ4n) is 1.68. The quantitative estimate of drug-likeness (QED) is 0.916. The number of nitrogens with zero attached hydrogens (tertiary/aromatic N) is 1. The van der Waals surface area contributed by atoms with E-state index in [2.05, 4.69) is 26.2 Å². The first-order valence-electron chi connectivity index (χ1n) is 5.86. The van der Waals surface area contributed by atoms with E-state index in [9.17, 15) is 4.39 Å². The van der Waals surface area contributed by atoms with Gasteiger partial charge in [0.15, 0.2) is 0 Å². The molecule has 0 radical (unpaired) electrons. The van der Waals surface area contributed by atoms with Crippen molar-refractivity contribution in [2.75, 3.05) is 7.05 Å². The average Bonchev–Trinajstić information content (AvgIpc) is 2.40. The van der Waals surface area contributed by atoms with Crippen LogP contribution in [0.2, 0.25) is 0 Å². The zero-order valence-corrected chi connectivity index (χ0v) is 12.1. The summed E-state index contributed by atoms with van der Waals surface area (Å²) in [5.74, 6) is 0.0880. The number of hydrogen-bond donors (Lipinski definition) is 1. The summed E-state index contributed by atoms with van der Waals surface area (Å²) in [7, 11) is 1.79. The normalized spacial score (nSPS) is 10.5. The fraction of sp³-hybridized carbons (Fsp3) is 0.214. The van der Waals surface area contributed by atoms with Gasteiger partial charge in [-0.1, -0.05) is 34.1 Å². The monoisotopic (exact) mass is 324 g/mol. The van der Waals surface area contributed by atoms with Gasteiger partial charge in [-0.25, -0.2) is 9.37 Å². The first-order valence-corrected chi connectivity index (χ1v) is 6.65. The van der Waals surface area contributed by atoms with Crippen molar-refractivity contribution in [3.63, 3.8) is 0 Å². The lowest BCUT2D eigenvalue weighted by Crippen LogP contribution is -2.09. The summed E-state index contributed by atoms with van der Waals surface area (Å²) in [6, 6.07) is 9.22. The highest BCUT2D eigenvalue weighted by Crippen LogP contribution is 2.20. The standard InChI is InChI=1S/C14H14BrFN2O/c1-17-7-11-6-12(16)8-18-14(11)19-9-10-4-2-3-5-13(10)15/h2-6,8,17H,7,9H2,1H3. The summed E-state index contributed by atoms with van der Waals surface area (Å²) >= 11 is 3.46. The Morgan fingerprint density at radius 2 is 2.11 bits per heavy atom. The molecule has 2 rings (SSSR count). The number of halogens is 2. The lowest BCUT2D eigenvalue weighted by molar-refractivity contribution is 0.288. The Morgan fingerprint density at radius 3 is 2.84 bits per heavy atom. The van der Waals surface area contributed by atoms with Crippen LogP contribution in [0.4, 0.5) is 4.39 Å². The van der Waals surface area contributed by atoms with Gasteiger partial charge >= 0.3 is 0 Å². The van der Waals surface area contributed by atoms with Gasteiger partial charge in [-0.05, 0) is 19.2 Å². The molecular formula is C14H14BrFN2O. The van der Waals surface area contributed by atoms with E-state index in [1.165, 1.54) is 6.07 Å². The Balaban J connectivity index is 2.13. The molecule has 1 aromatic heterocycles. The highest BCUT2D eigenvalue weighted by Gasteiger charge is 2.08. The topological polar surface area (TPSA) is 34.2 Å². The number of benzene rings is 1. The Hall–Kier alpha value is -1.46. The molecule has 19 heavy (non-hydrogen) atoms. The average molecular weight is 325 g/mol. The number of nitrogens with one attached hydrogen (secondary N) is 1. The van der Waals surface area contributed by atoms with Crippen molar-refractivity contribution in [2.45, 2.75) is 13.2 Å². The van der Waals surface area contributed by atoms with Crippen LogP contribution in [0.3, 0.4) is 0 Å². The highest BCUT2D eigenvalue weighted by molar-refractivity contribution is 9.10. The van der Waals surface area contributed by atoms with Crippen LogP contribution in [0.25, 0.3) is 0 Å². The zero-order chi connectivity index (χ0) is 13.7. The van der Waals surface area contributed by atoms with Crippen molar-refractivity contribution in [3.8, 4) is 5.88 Å². The molecule has 0 unspecified atom stereocenters. The molecule has 0 saturated heterocycles. The second kappa shape index (κ2) is 6.63. The molecule has 0 atom stereocenters. The predicted molar refractivity (Wildman–Crippen MR) is 75.4 cm³/mol.